The van der Waals surface area contributed by atoms with Gasteiger partial charge in [0, 0.05) is 18.9 Å². The maximum Gasteiger partial charge on any atom is 0.258 e. The summed E-state index contributed by atoms with van der Waals surface area (Å²) in [5, 5.41) is 7.06. The molecular weight excluding hydrogens is 294 g/mol. The smallest absolute Gasteiger partial charge is 0.258 e. The van der Waals surface area contributed by atoms with Crippen molar-refractivity contribution in [1.29, 1.82) is 0 Å². The Hall–Kier alpha value is -3.02. The van der Waals surface area contributed by atoms with Crippen LogP contribution in [0.25, 0.3) is 0 Å². The highest BCUT2D eigenvalue weighted by molar-refractivity contribution is 5.77. The molecule has 0 aliphatic heterocycles. The van der Waals surface area contributed by atoms with Gasteiger partial charge in [-0.25, -0.2) is 0 Å². The highest BCUT2D eigenvalue weighted by atomic mass is 16.5. The molecule has 1 N–H and O–H groups in total. The van der Waals surface area contributed by atoms with E-state index in [2.05, 4.69) is 10.4 Å². The average molecular weight is 311 g/mol. The summed E-state index contributed by atoms with van der Waals surface area (Å²) >= 11 is 0. The van der Waals surface area contributed by atoms with Crippen molar-refractivity contribution in [2.45, 2.75) is 6.04 Å². The first-order chi connectivity index (χ1) is 11.3. The number of benzene rings is 1. The molecule has 0 bridgehead atoms. The minimum Gasteiger partial charge on any atom is -0.484 e. The van der Waals surface area contributed by atoms with Gasteiger partial charge in [0.25, 0.3) is 5.91 Å². The molecule has 2 heterocycles. The van der Waals surface area contributed by atoms with Crippen molar-refractivity contribution in [1.82, 2.24) is 15.1 Å². The number of hydrogen-bond donors (Lipinski definition) is 1. The monoisotopic (exact) mass is 311 g/mol. The van der Waals surface area contributed by atoms with Crippen LogP contribution in [-0.2, 0) is 4.79 Å². The van der Waals surface area contributed by atoms with E-state index < -0.39 is 0 Å². The second-order valence-corrected chi connectivity index (χ2v) is 4.92. The van der Waals surface area contributed by atoms with Gasteiger partial charge in [-0.3, -0.25) is 9.48 Å². The SMILES string of the molecule is O=C(COc1ccccc1)NCC(c1ccco1)n1cccn1. The van der Waals surface area contributed by atoms with Gasteiger partial charge in [-0.1, -0.05) is 18.2 Å². The summed E-state index contributed by atoms with van der Waals surface area (Å²) < 4.78 is 12.6. The number of nitrogens with zero attached hydrogens (tertiary/aromatic N) is 2. The average Bonchev–Trinajstić information content (AvgIpc) is 3.28. The maximum absolute atomic E-state index is 12.0. The molecule has 0 aliphatic carbocycles. The number of para-hydroxylation sites is 1. The zero-order valence-corrected chi connectivity index (χ0v) is 12.5. The van der Waals surface area contributed by atoms with E-state index >= 15 is 0 Å². The lowest BCUT2D eigenvalue weighted by Gasteiger charge is -2.16. The Morgan fingerprint density at radius 3 is 2.78 bits per heavy atom. The van der Waals surface area contributed by atoms with Gasteiger partial charge >= 0.3 is 0 Å². The standard InChI is InChI=1S/C17H17N3O3/c21-17(13-23-14-6-2-1-3-7-14)18-12-15(16-8-4-11-22-16)20-10-5-9-19-20/h1-11,15H,12-13H2,(H,18,21). The Bertz CT molecular complexity index is 675. The molecule has 118 valence electrons. The van der Waals surface area contributed by atoms with E-state index in [1.165, 1.54) is 0 Å². The Morgan fingerprint density at radius 2 is 2.09 bits per heavy atom. The Labute approximate surface area is 133 Å². The zero-order chi connectivity index (χ0) is 15.9. The van der Waals surface area contributed by atoms with Crippen LogP contribution in [0.1, 0.15) is 11.8 Å². The predicted molar refractivity (Wildman–Crippen MR) is 84.0 cm³/mol. The summed E-state index contributed by atoms with van der Waals surface area (Å²) in [5.41, 5.74) is 0. The number of amides is 1. The van der Waals surface area contributed by atoms with Crippen LogP contribution in [0.5, 0.6) is 5.75 Å². The number of carbonyl (C=O) groups is 1. The molecule has 23 heavy (non-hydrogen) atoms. The van der Waals surface area contributed by atoms with Crippen molar-refractivity contribution in [3.05, 3.63) is 72.9 Å². The van der Waals surface area contributed by atoms with Crippen molar-refractivity contribution >= 4 is 5.91 Å². The molecule has 0 spiro atoms. The Kier molecular flexibility index (Phi) is 4.73. The van der Waals surface area contributed by atoms with E-state index in [9.17, 15) is 4.79 Å². The lowest BCUT2D eigenvalue weighted by atomic mass is 10.2. The van der Waals surface area contributed by atoms with E-state index in [4.69, 9.17) is 9.15 Å². The van der Waals surface area contributed by atoms with E-state index in [1.807, 2.05) is 54.7 Å². The molecule has 1 unspecified atom stereocenters. The highest BCUT2D eigenvalue weighted by Gasteiger charge is 2.18. The quantitative estimate of drug-likeness (QED) is 0.726. The molecule has 1 atom stereocenters. The Balaban J connectivity index is 1.55. The van der Waals surface area contributed by atoms with E-state index in [0.717, 1.165) is 5.76 Å². The number of rotatable bonds is 7. The normalized spacial score (nSPS) is 11.8. The third-order valence-corrected chi connectivity index (χ3v) is 3.32. The fourth-order valence-corrected chi connectivity index (χ4v) is 2.20. The number of nitrogens with one attached hydrogen (secondary N) is 1. The maximum atomic E-state index is 12.0. The molecule has 0 aliphatic rings. The molecule has 0 saturated heterocycles. The number of aromatic nitrogens is 2. The lowest BCUT2D eigenvalue weighted by Crippen LogP contribution is -2.34. The largest absolute Gasteiger partial charge is 0.484 e. The Morgan fingerprint density at radius 1 is 1.22 bits per heavy atom. The van der Waals surface area contributed by atoms with Gasteiger partial charge in [0.05, 0.1) is 6.26 Å². The summed E-state index contributed by atoms with van der Waals surface area (Å²) in [6, 6.07) is 14.5. The molecule has 0 fully saturated rings. The first-order valence-corrected chi connectivity index (χ1v) is 7.30. The van der Waals surface area contributed by atoms with Crippen LogP contribution in [0.4, 0.5) is 0 Å². The lowest BCUT2D eigenvalue weighted by molar-refractivity contribution is -0.123. The van der Waals surface area contributed by atoms with Crippen molar-refractivity contribution in [2.24, 2.45) is 0 Å². The number of furan rings is 1. The van der Waals surface area contributed by atoms with E-state index in [-0.39, 0.29) is 18.6 Å². The highest BCUT2D eigenvalue weighted by Crippen LogP contribution is 2.17. The van der Waals surface area contributed by atoms with Crippen LogP contribution < -0.4 is 10.1 Å². The van der Waals surface area contributed by atoms with Crippen molar-refractivity contribution < 1.29 is 13.9 Å². The predicted octanol–water partition coefficient (Wildman–Crippen LogP) is 2.26. The molecule has 3 rings (SSSR count). The fourth-order valence-electron chi connectivity index (χ4n) is 2.20. The van der Waals surface area contributed by atoms with Gasteiger partial charge in [-0.15, -0.1) is 0 Å². The van der Waals surface area contributed by atoms with Gasteiger partial charge < -0.3 is 14.5 Å². The molecule has 6 heteroatoms. The minimum atomic E-state index is -0.197. The first kappa shape index (κ1) is 14.9. The summed E-state index contributed by atoms with van der Waals surface area (Å²) in [5.74, 6) is 1.20. The molecule has 2 aromatic heterocycles. The first-order valence-electron chi connectivity index (χ1n) is 7.30. The van der Waals surface area contributed by atoms with Crippen LogP contribution in [0.3, 0.4) is 0 Å². The van der Waals surface area contributed by atoms with Gasteiger partial charge in [-0.05, 0) is 30.3 Å². The van der Waals surface area contributed by atoms with E-state index in [0.29, 0.717) is 12.3 Å². The van der Waals surface area contributed by atoms with Gasteiger partial charge in [-0.2, -0.15) is 5.10 Å². The van der Waals surface area contributed by atoms with Gasteiger partial charge in [0.1, 0.15) is 17.6 Å². The number of carbonyl (C=O) groups excluding carboxylic acids is 1. The minimum absolute atomic E-state index is 0.0337. The van der Waals surface area contributed by atoms with Crippen LogP contribution in [-0.4, -0.2) is 28.8 Å². The number of ether oxygens (including phenoxy) is 1. The zero-order valence-electron chi connectivity index (χ0n) is 12.5. The van der Waals surface area contributed by atoms with Crippen LogP contribution in [0, 0.1) is 0 Å². The molecule has 6 nitrogen and oxygen atoms in total. The summed E-state index contributed by atoms with van der Waals surface area (Å²) in [6.45, 7) is 0.334. The topological polar surface area (TPSA) is 69.3 Å². The van der Waals surface area contributed by atoms with Crippen molar-refractivity contribution in [3.8, 4) is 5.75 Å². The number of hydrogen-bond acceptors (Lipinski definition) is 4. The van der Waals surface area contributed by atoms with Gasteiger partial charge in [0.15, 0.2) is 6.61 Å². The summed E-state index contributed by atoms with van der Waals surface area (Å²) in [6.07, 6.45) is 5.13. The molecular formula is C17H17N3O3. The molecule has 0 radical (unpaired) electrons. The fraction of sp³-hybridized carbons (Fsp3) is 0.176. The molecule has 3 aromatic rings. The van der Waals surface area contributed by atoms with Crippen molar-refractivity contribution in [2.75, 3.05) is 13.2 Å². The third kappa shape index (κ3) is 4.00. The van der Waals surface area contributed by atoms with Crippen LogP contribution in [0.15, 0.2) is 71.6 Å². The summed E-state index contributed by atoms with van der Waals surface area (Å²) in [4.78, 5) is 12.0. The molecule has 0 saturated carbocycles. The van der Waals surface area contributed by atoms with Crippen molar-refractivity contribution in [3.63, 3.8) is 0 Å². The molecule has 1 aromatic carbocycles. The second-order valence-electron chi connectivity index (χ2n) is 4.92. The summed E-state index contributed by atoms with van der Waals surface area (Å²) in [7, 11) is 0. The van der Waals surface area contributed by atoms with Crippen LogP contribution in [0.2, 0.25) is 0 Å². The third-order valence-electron chi connectivity index (χ3n) is 3.32. The second kappa shape index (κ2) is 7.31. The van der Waals surface area contributed by atoms with Gasteiger partial charge in [0.2, 0.25) is 0 Å². The molecule has 1 amide bonds. The van der Waals surface area contributed by atoms with E-state index in [1.54, 1.807) is 17.1 Å². The van der Waals surface area contributed by atoms with Crippen LogP contribution >= 0.6 is 0 Å².